The lowest BCUT2D eigenvalue weighted by molar-refractivity contribution is 0.0970. The number of carbonyl (C=O) groups excluding carboxylic acids is 1. The van der Waals surface area contributed by atoms with Gasteiger partial charge in [0.15, 0.2) is 5.78 Å². The number of aryl methyl sites for hydroxylation is 1. The van der Waals surface area contributed by atoms with Gasteiger partial charge in [-0.2, -0.15) is 0 Å². The molecule has 0 atom stereocenters. The fraction of sp³-hybridized carbons (Fsp3) is 0.267. The van der Waals surface area contributed by atoms with Crippen LogP contribution in [0, 0.1) is 0 Å². The fourth-order valence-corrected chi connectivity index (χ4v) is 2.36. The molecule has 0 amide bonds. The number of rotatable bonds is 5. The van der Waals surface area contributed by atoms with Crippen LogP contribution in [0.25, 0.3) is 0 Å². The Bertz CT molecular complexity index is 760. The number of ketones is 1. The molecule has 0 aliphatic carbocycles. The Balaban J connectivity index is 2.26. The molecule has 1 aromatic heterocycles. The van der Waals surface area contributed by atoms with Crippen molar-refractivity contribution in [3.8, 4) is 0 Å². The summed E-state index contributed by atoms with van der Waals surface area (Å²) in [6.07, 6.45) is 3.92. The predicted octanol–water partition coefficient (Wildman–Crippen LogP) is 1.70. The number of Topliss-reactive ketones (excluding diaryl/α,β-unsaturated/α-hetero) is 1. The molecule has 0 fully saturated rings. The number of H-pyrrole nitrogens is 1. The van der Waals surface area contributed by atoms with Gasteiger partial charge in [-0.25, -0.2) is 4.79 Å². The van der Waals surface area contributed by atoms with Gasteiger partial charge < -0.3 is 0 Å². The maximum atomic E-state index is 12.2. The van der Waals surface area contributed by atoms with E-state index < -0.39 is 11.2 Å². The normalized spacial score (nSPS) is 10.6. The molecule has 2 aromatic rings. The number of hydrogen-bond acceptors (Lipinski definition) is 4. The molecule has 6 heteroatoms. The number of carbonyl (C=O) groups is 1. The van der Waals surface area contributed by atoms with Gasteiger partial charge >= 0.3 is 5.69 Å². The van der Waals surface area contributed by atoms with E-state index in [1.54, 1.807) is 23.9 Å². The van der Waals surface area contributed by atoms with E-state index in [1.807, 2.05) is 25.3 Å². The van der Waals surface area contributed by atoms with E-state index in [-0.39, 0.29) is 12.3 Å². The first-order chi connectivity index (χ1) is 10.0. The maximum absolute atomic E-state index is 12.2. The summed E-state index contributed by atoms with van der Waals surface area (Å²) in [5.74, 6) is -0.168. The van der Waals surface area contributed by atoms with Crippen LogP contribution in [0.15, 0.2) is 44.9 Å². The number of aromatic nitrogens is 2. The first-order valence-electron chi connectivity index (χ1n) is 6.55. The van der Waals surface area contributed by atoms with Crippen LogP contribution in [0.3, 0.4) is 0 Å². The van der Waals surface area contributed by atoms with Crippen molar-refractivity contribution in [3.63, 3.8) is 0 Å². The van der Waals surface area contributed by atoms with Gasteiger partial charge in [-0.05, 0) is 24.8 Å². The molecule has 0 aliphatic heterocycles. The second kappa shape index (κ2) is 6.58. The van der Waals surface area contributed by atoms with E-state index in [2.05, 4.69) is 4.98 Å². The van der Waals surface area contributed by atoms with Crippen LogP contribution in [0.5, 0.6) is 0 Å². The first-order valence-corrected chi connectivity index (χ1v) is 7.77. The minimum atomic E-state index is -0.564. The van der Waals surface area contributed by atoms with Gasteiger partial charge in [-0.15, -0.1) is 11.8 Å². The highest BCUT2D eigenvalue weighted by Crippen LogP contribution is 2.15. The van der Waals surface area contributed by atoms with Crippen molar-refractivity contribution >= 4 is 17.5 Å². The molecule has 2 rings (SSSR count). The van der Waals surface area contributed by atoms with Crippen molar-refractivity contribution in [2.75, 3.05) is 6.26 Å². The van der Waals surface area contributed by atoms with Crippen molar-refractivity contribution in [1.82, 2.24) is 9.55 Å². The second-order valence-electron chi connectivity index (χ2n) is 4.55. The van der Waals surface area contributed by atoms with Gasteiger partial charge in [0.25, 0.3) is 5.56 Å². The Morgan fingerprint density at radius 2 is 1.90 bits per heavy atom. The van der Waals surface area contributed by atoms with E-state index in [0.29, 0.717) is 17.5 Å². The Morgan fingerprint density at radius 3 is 2.48 bits per heavy atom. The smallest absolute Gasteiger partial charge is 0.293 e. The standard InChI is InChI=1S/C15H16N2O3S/c1-3-10-8-17(15(20)16-14(10)19)9-13(18)11-4-6-12(21-2)7-5-11/h4-8H,3,9H2,1-2H3,(H,16,19,20). The average Bonchev–Trinajstić information content (AvgIpc) is 2.50. The molecule has 21 heavy (non-hydrogen) atoms. The lowest BCUT2D eigenvalue weighted by atomic mass is 10.1. The number of hydrogen-bond donors (Lipinski definition) is 1. The number of nitrogens with one attached hydrogen (secondary N) is 1. The Kier molecular flexibility index (Phi) is 4.80. The number of aromatic amines is 1. The van der Waals surface area contributed by atoms with Gasteiger partial charge in [0.1, 0.15) is 0 Å². The summed E-state index contributed by atoms with van der Waals surface area (Å²) in [5.41, 5.74) is 0.0749. The minimum Gasteiger partial charge on any atom is -0.293 e. The summed E-state index contributed by atoms with van der Waals surface area (Å²) in [5, 5.41) is 0. The zero-order valence-electron chi connectivity index (χ0n) is 11.9. The van der Waals surface area contributed by atoms with Gasteiger partial charge in [-0.1, -0.05) is 19.1 Å². The molecule has 0 spiro atoms. The highest BCUT2D eigenvalue weighted by atomic mass is 32.2. The van der Waals surface area contributed by atoms with Crippen LogP contribution < -0.4 is 11.2 Å². The molecule has 0 unspecified atom stereocenters. The number of nitrogens with zero attached hydrogens (tertiary/aromatic N) is 1. The van der Waals surface area contributed by atoms with Crippen molar-refractivity contribution in [1.29, 1.82) is 0 Å². The highest BCUT2D eigenvalue weighted by Gasteiger charge is 2.10. The van der Waals surface area contributed by atoms with Crippen molar-refractivity contribution in [2.24, 2.45) is 0 Å². The Morgan fingerprint density at radius 1 is 1.24 bits per heavy atom. The molecular weight excluding hydrogens is 288 g/mol. The first kappa shape index (κ1) is 15.3. The summed E-state index contributed by atoms with van der Waals surface area (Å²) in [4.78, 5) is 38.7. The lowest BCUT2D eigenvalue weighted by Crippen LogP contribution is -2.33. The van der Waals surface area contributed by atoms with Crippen LogP contribution in [0.4, 0.5) is 0 Å². The van der Waals surface area contributed by atoms with Crippen molar-refractivity contribution < 1.29 is 4.79 Å². The third-order valence-electron chi connectivity index (χ3n) is 3.19. The summed E-state index contributed by atoms with van der Waals surface area (Å²) in [7, 11) is 0. The van der Waals surface area contributed by atoms with Gasteiger partial charge in [-0.3, -0.25) is 19.1 Å². The molecule has 0 saturated carbocycles. The van der Waals surface area contributed by atoms with Gasteiger partial charge in [0, 0.05) is 22.2 Å². The average molecular weight is 304 g/mol. The van der Waals surface area contributed by atoms with E-state index in [1.165, 1.54) is 10.8 Å². The molecule has 1 heterocycles. The summed E-state index contributed by atoms with van der Waals surface area (Å²) in [6.45, 7) is 1.74. The third-order valence-corrected chi connectivity index (χ3v) is 3.94. The van der Waals surface area contributed by atoms with E-state index in [9.17, 15) is 14.4 Å². The molecular formula is C15H16N2O3S. The molecule has 1 aromatic carbocycles. The Hall–Kier alpha value is -2.08. The Labute approximate surface area is 126 Å². The van der Waals surface area contributed by atoms with Crippen LogP contribution >= 0.6 is 11.8 Å². The van der Waals surface area contributed by atoms with Crippen LogP contribution in [-0.2, 0) is 13.0 Å². The predicted molar refractivity (Wildman–Crippen MR) is 83.3 cm³/mol. The largest absolute Gasteiger partial charge is 0.328 e. The van der Waals surface area contributed by atoms with Gasteiger partial charge in [0.2, 0.25) is 0 Å². The summed E-state index contributed by atoms with van der Waals surface area (Å²) >= 11 is 1.60. The van der Waals surface area contributed by atoms with Gasteiger partial charge in [0.05, 0.1) is 6.54 Å². The topological polar surface area (TPSA) is 71.9 Å². The van der Waals surface area contributed by atoms with Crippen molar-refractivity contribution in [3.05, 3.63) is 62.4 Å². The monoisotopic (exact) mass is 304 g/mol. The quantitative estimate of drug-likeness (QED) is 0.674. The maximum Gasteiger partial charge on any atom is 0.328 e. The van der Waals surface area contributed by atoms with Crippen LogP contribution in [0.1, 0.15) is 22.8 Å². The SMILES string of the molecule is CCc1cn(CC(=O)c2ccc(SC)cc2)c(=O)[nH]c1=O. The fourth-order valence-electron chi connectivity index (χ4n) is 1.95. The zero-order valence-corrected chi connectivity index (χ0v) is 12.7. The third kappa shape index (κ3) is 3.52. The lowest BCUT2D eigenvalue weighted by Gasteiger charge is -2.06. The highest BCUT2D eigenvalue weighted by molar-refractivity contribution is 7.98. The number of thioether (sulfide) groups is 1. The van der Waals surface area contributed by atoms with E-state index in [0.717, 1.165) is 4.90 Å². The molecule has 110 valence electrons. The van der Waals surface area contributed by atoms with Crippen molar-refractivity contribution in [2.45, 2.75) is 24.8 Å². The summed E-state index contributed by atoms with van der Waals surface area (Å²) in [6, 6.07) is 7.22. The van der Waals surface area contributed by atoms with Crippen LogP contribution in [-0.4, -0.2) is 21.6 Å². The van der Waals surface area contributed by atoms with Crippen LogP contribution in [0.2, 0.25) is 0 Å². The zero-order chi connectivity index (χ0) is 15.4. The second-order valence-corrected chi connectivity index (χ2v) is 5.43. The molecule has 5 nitrogen and oxygen atoms in total. The molecule has 1 N–H and O–H groups in total. The minimum absolute atomic E-state index is 0.0821. The molecule has 0 aliphatic rings. The van der Waals surface area contributed by atoms with E-state index in [4.69, 9.17) is 0 Å². The molecule has 0 bridgehead atoms. The molecule has 0 radical (unpaired) electrons. The summed E-state index contributed by atoms with van der Waals surface area (Å²) < 4.78 is 1.24. The molecule has 0 saturated heterocycles. The number of benzene rings is 1. The van der Waals surface area contributed by atoms with E-state index >= 15 is 0 Å².